The van der Waals surface area contributed by atoms with Gasteiger partial charge >= 0.3 is 0 Å². The van der Waals surface area contributed by atoms with Crippen molar-refractivity contribution in [3.63, 3.8) is 0 Å². The summed E-state index contributed by atoms with van der Waals surface area (Å²) >= 11 is 0. The van der Waals surface area contributed by atoms with Crippen LogP contribution in [0, 0.1) is 0 Å². The zero-order valence-electron chi connectivity index (χ0n) is 11.8. The molecule has 1 aromatic rings. The molecule has 1 fully saturated rings. The minimum absolute atomic E-state index is 0.109. The fourth-order valence-corrected chi connectivity index (χ4v) is 3.24. The van der Waals surface area contributed by atoms with Gasteiger partial charge in [0.05, 0.1) is 11.6 Å². The van der Waals surface area contributed by atoms with E-state index in [1.807, 2.05) is 6.07 Å². The van der Waals surface area contributed by atoms with Crippen molar-refractivity contribution in [2.45, 2.75) is 50.2 Å². The smallest absolute Gasteiger partial charge is 0.127 e. The Balaban J connectivity index is 1.62. The molecule has 1 saturated carbocycles. The van der Waals surface area contributed by atoms with Crippen LogP contribution in [-0.4, -0.2) is 29.0 Å². The van der Waals surface area contributed by atoms with Crippen molar-refractivity contribution in [3.05, 3.63) is 23.8 Å². The van der Waals surface area contributed by atoms with Gasteiger partial charge in [-0.1, -0.05) is 25.7 Å². The number of phenolic OH excluding ortho intramolecular Hbond substituents is 1. The Hall–Kier alpha value is -1.26. The highest BCUT2D eigenvalue weighted by Gasteiger charge is 2.31. The van der Waals surface area contributed by atoms with Gasteiger partial charge in [-0.25, -0.2) is 0 Å². The maximum atomic E-state index is 10.7. The summed E-state index contributed by atoms with van der Waals surface area (Å²) in [6.07, 6.45) is 6.47. The van der Waals surface area contributed by atoms with Gasteiger partial charge in [-0.15, -0.1) is 0 Å². The summed E-state index contributed by atoms with van der Waals surface area (Å²) < 4.78 is 5.59. The maximum Gasteiger partial charge on any atom is 0.127 e. The number of benzene rings is 1. The Labute approximate surface area is 119 Å². The molecule has 4 heteroatoms. The van der Waals surface area contributed by atoms with Gasteiger partial charge in [0.1, 0.15) is 18.1 Å². The van der Waals surface area contributed by atoms with Crippen molar-refractivity contribution < 1.29 is 14.9 Å². The highest BCUT2D eigenvalue weighted by Crippen LogP contribution is 2.35. The molecule has 1 unspecified atom stereocenters. The molecule has 1 aliphatic carbocycles. The molecule has 4 nitrogen and oxygen atoms in total. The van der Waals surface area contributed by atoms with Gasteiger partial charge in [-0.3, -0.25) is 0 Å². The van der Waals surface area contributed by atoms with Crippen molar-refractivity contribution in [3.8, 4) is 11.5 Å². The second-order valence-electron chi connectivity index (χ2n) is 6.11. The summed E-state index contributed by atoms with van der Waals surface area (Å²) in [5.74, 6) is 0.974. The molecule has 0 bridgehead atoms. The largest absolute Gasteiger partial charge is 0.508 e. The van der Waals surface area contributed by atoms with E-state index in [-0.39, 0.29) is 11.8 Å². The van der Waals surface area contributed by atoms with Crippen LogP contribution in [0.1, 0.15) is 50.1 Å². The normalized spacial score (nSPS) is 24.8. The number of rotatable bonds is 3. The Kier molecular flexibility index (Phi) is 3.85. The van der Waals surface area contributed by atoms with E-state index in [0.717, 1.165) is 37.0 Å². The van der Waals surface area contributed by atoms with Crippen molar-refractivity contribution in [1.29, 1.82) is 0 Å². The van der Waals surface area contributed by atoms with Crippen LogP contribution in [-0.2, 0) is 0 Å². The SMILES string of the molecule is Oc1ccc2c(c1)OCC2NCC1(O)CCCCCC1. The highest BCUT2D eigenvalue weighted by atomic mass is 16.5. The van der Waals surface area contributed by atoms with Gasteiger partial charge < -0.3 is 20.3 Å². The zero-order valence-corrected chi connectivity index (χ0v) is 11.8. The third-order valence-corrected chi connectivity index (χ3v) is 4.49. The summed E-state index contributed by atoms with van der Waals surface area (Å²) in [7, 11) is 0. The molecule has 1 heterocycles. The second-order valence-corrected chi connectivity index (χ2v) is 6.11. The zero-order chi connectivity index (χ0) is 14.0. The average molecular weight is 277 g/mol. The number of ether oxygens (including phenoxy) is 1. The van der Waals surface area contributed by atoms with E-state index in [4.69, 9.17) is 4.74 Å². The molecule has 3 N–H and O–H groups in total. The lowest BCUT2D eigenvalue weighted by atomic mass is 9.94. The van der Waals surface area contributed by atoms with Crippen molar-refractivity contribution >= 4 is 0 Å². The van der Waals surface area contributed by atoms with Gasteiger partial charge in [0, 0.05) is 18.2 Å². The molecule has 3 rings (SSSR count). The van der Waals surface area contributed by atoms with E-state index in [1.165, 1.54) is 12.8 Å². The molecule has 2 aliphatic rings. The Morgan fingerprint density at radius 3 is 2.70 bits per heavy atom. The molecular weight excluding hydrogens is 254 g/mol. The number of nitrogens with one attached hydrogen (secondary N) is 1. The summed E-state index contributed by atoms with van der Waals surface area (Å²) in [5.41, 5.74) is 0.496. The lowest BCUT2D eigenvalue weighted by molar-refractivity contribution is 0.0221. The number of hydrogen-bond donors (Lipinski definition) is 3. The molecule has 1 aliphatic heterocycles. The highest BCUT2D eigenvalue weighted by molar-refractivity contribution is 5.44. The topological polar surface area (TPSA) is 61.7 Å². The quantitative estimate of drug-likeness (QED) is 0.743. The standard InChI is InChI=1S/C16H23NO3/c18-12-5-6-13-14(10-20-15(13)9-12)17-11-16(19)7-3-1-2-4-8-16/h5-6,9,14,17-19H,1-4,7-8,10-11H2. The first-order chi connectivity index (χ1) is 9.66. The lowest BCUT2D eigenvalue weighted by Gasteiger charge is -2.28. The summed E-state index contributed by atoms with van der Waals surface area (Å²) in [5, 5.41) is 23.5. The predicted octanol–water partition coefficient (Wildman–Crippen LogP) is 2.50. The van der Waals surface area contributed by atoms with Gasteiger partial charge in [-0.05, 0) is 25.0 Å². The molecular formula is C16H23NO3. The predicted molar refractivity (Wildman–Crippen MR) is 77.0 cm³/mol. The average Bonchev–Trinajstić information content (AvgIpc) is 2.70. The Bertz CT molecular complexity index is 467. The molecule has 0 spiro atoms. The molecule has 0 aromatic heterocycles. The van der Waals surface area contributed by atoms with Gasteiger partial charge in [0.15, 0.2) is 0 Å². The van der Waals surface area contributed by atoms with Crippen molar-refractivity contribution in [1.82, 2.24) is 5.32 Å². The van der Waals surface area contributed by atoms with Crippen molar-refractivity contribution in [2.75, 3.05) is 13.2 Å². The lowest BCUT2D eigenvalue weighted by Crippen LogP contribution is -2.41. The maximum absolute atomic E-state index is 10.7. The number of phenols is 1. The minimum Gasteiger partial charge on any atom is -0.508 e. The van der Waals surface area contributed by atoms with Crippen LogP contribution in [0.2, 0.25) is 0 Å². The van der Waals surface area contributed by atoms with Gasteiger partial charge in [0.25, 0.3) is 0 Å². The van der Waals surface area contributed by atoms with E-state index >= 15 is 0 Å². The van der Waals surface area contributed by atoms with Crippen molar-refractivity contribution in [2.24, 2.45) is 0 Å². The number of hydrogen-bond acceptors (Lipinski definition) is 4. The molecule has 20 heavy (non-hydrogen) atoms. The fourth-order valence-electron chi connectivity index (χ4n) is 3.24. The minimum atomic E-state index is -0.573. The molecule has 0 radical (unpaired) electrons. The van der Waals surface area contributed by atoms with Crippen LogP contribution in [0.5, 0.6) is 11.5 Å². The molecule has 0 saturated heterocycles. The van der Waals surface area contributed by atoms with Gasteiger partial charge in [0.2, 0.25) is 0 Å². The monoisotopic (exact) mass is 277 g/mol. The van der Waals surface area contributed by atoms with Gasteiger partial charge in [-0.2, -0.15) is 0 Å². The van der Waals surface area contributed by atoms with E-state index in [9.17, 15) is 10.2 Å². The van der Waals surface area contributed by atoms with Crippen LogP contribution in [0.4, 0.5) is 0 Å². The summed E-state index contributed by atoms with van der Waals surface area (Å²) in [6, 6.07) is 5.34. The summed E-state index contributed by atoms with van der Waals surface area (Å²) in [6.45, 7) is 1.18. The van der Waals surface area contributed by atoms with Crippen LogP contribution >= 0.6 is 0 Å². The first-order valence-corrected chi connectivity index (χ1v) is 7.58. The number of aromatic hydroxyl groups is 1. The van der Waals surface area contributed by atoms with Crippen LogP contribution < -0.4 is 10.1 Å². The molecule has 1 aromatic carbocycles. The van der Waals surface area contributed by atoms with E-state index in [2.05, 4.69) is 5.32 Å². The molecule has 0 amide bonds. The van der Waals surface area contributed by atoms with Crippen LogP contribution in [0.3, 0.4) is 0 Å². The third-order valence-electron chi connectivity index (χ3n) is 4.49. The Morgan fingerprint density at radius 1 is 1.20 bits per heavy atom. The number of aliphatic hydroxyl groups is 1. The first kappa shape index (κ1) is 13.7. The second kappa shape index (κ2) is 5.62. The van der Waals surface area contributed by atoms with E-state index in [0.29, 0.717) is 13.2 Å². The number of fused-ring (bicyclic) bond motifs is 1. The molecule has 110 valence electrons. The molecule has 1 atom stereocenters. The third kappa shape index (κ3) is 2.91. The van der Waals surface area contributed by atoms with E-state index in [1.54, 1.807) is 12.1 Å². The Morgan fingerprint density at radius 2 is 1.95 bits per heavy atom. The van der Waals surface area contributed by atoms with Crippen LogP contribution in [0.15, 0.2) is 18.2 Å². The first-order valence-electron chi connectivity index (χ1n) is 7.58. The fraction of sp³-hybridized carbons (Fsp3) is 0.625. The summed E-state index contributed by atoms with van der Waals surface area (Å²) in [4.78, 5) is 0. The van der Waals surface area contributed by atoms with E-state index < -0.39 is 5.60 Å². The van der Waals surface area contributed by atoms with Crippen LogP contribution in [0.25, 0.3) is 0 Å².